The summed E-state index contributed by atoms with van der Waals surface area (Å²) in [4.78, 5) is 55.4. The fraction of sp³-hybridized carbons (Fsp3) is 0.125. The molecule has 1 N–H and O–H groups in total. The van der Waals surface area contributed by atoms with Crippen LogP contribution < -0.4 is 5.32 Å². The molecule has 0 fully saturated rings. The summed E-state index contributed by atoms with van der Waals surface area (Å²) in [6.45, 7) is 0.307. The summed E-state index contributed by atoms with van der Waals surface area (Å²) < 4.78 is 5.60. The molecule has 40 heavy (non-hydrogen) atoms. The molecule has 0 spiro atoms. The maximum Gasteiger partial charge on any atom is 0.407 e. The SMILES string of the molecule is O=C(Cc1ccccc1CNC(=O)OCC1c2ccccc2-c2ccccc21)ON1C(=O)c2ccccc2C1=O. The molecule has 8 heteroatoms. The van der Waals surface area contributed by atoms with Crippen molar-refractivity contribution in [2.24, 2.45) is 0 Å². The second kappa shape index (κ2) is 10.5. The molecule has 0 saturated heterocycles. The molecule has 198 valence electrons. The van der Waals surface area contributed by atoms with Gasteiger partial charge in [-0.1, -0.05) is 90.0 Å². The van der Waals surface area contributed by atoms with Gasteiger partial charge in [-0.3, -0.25) is 9.59 Å². The van der Waals surface area contributed by atoms with Crippen molar-refractivity contribution in [3.05, 3.63) is 130 Å². The first-order valence-corrected chi connectivity index (χ1v) is 12.9. The number of ether oxygens (including phenoxy) is 1. The Hall–Kier alpha value is -5.24. The molecule has 6 rings (SSSR count). The number of hydrogen-bond donors (Lipinski definition) is 1. The predicted molar refractivity (Wildman–Crippen MR) is 145 cm³/mol. The zero-order valence-electron chi connectivity index (χ0n) is 21.3. The van der Waals surface area contributed by atoms with E-state index in [-0.39, 0.29) is 36.6 Å². The number of benzene rings is 4. The van der Waals surface area contributed by atoms with E-state index in [0.29, 0.717) is 16.2 Å². The maximum absolute atomic E-state index is 12.7. The fourth-order valence-electron chi connectivity index (χ4n) is 5.26. The van der Waals surface area contributed by atoms with Gasteiger partial charge >= 0.3 is 12.1 Å². The average molecular weight is 533 g/mol. The summed E-state index contributed by atoms with van der Waals surface area (Å²) in [5.74, 6) is -2.19. The number of nitrogens with zero attached hydrogens (tertiary/aromatic N) is 1. The van der Waals surface area contributed by atoms with Gasteiger partial charge < -0.3 is 14.9 Å². The third-order valence-electron chi connectivity index (χ3n) is 7.17. The number of carbonyl (C=O) groups is 4. The van der Waals surface area contributed by atoms with Crippen molar-refractivity contribution in [2.45, 2.75) is 18.9 Å². The molecule has 3 amide bonds. The van der Waals surface area contributed by atoms with Crippen LogP contribution in [0.15, 0.2) is 97.1 Å². The molecule has 0 atom stereocenters. The van der Waals surface area contributed by atoms with Crippen molar-refractivity contribution in [1.29, 1.82) is 0 Å². The minimum absolute atomic E-state index is 0.0534. The van der Waals surface area contributed by atoms with Crippen LogP contribution in [0.5, 0.6) is 0 Å². The number of nitrogens with one attached hydrogen (secondary N) is 1. The third kappa shape index (κ3) is 4.60. The van der Waals surface area contributed by atoms with Crippen LogP contribution in [0.1, 0.15) is 48.9 Å². The quantitative estimate of drug-likeness (QED) is 0.335. The molecule has 0 unspecified atom stereocenters. The van der Waals surface area contributed by atoms with Gasteiger partial charge in [-0.25, -0.2) is 9.59 Å². The first-order valence-electron chi connectivity index (χ1n) is 12.9. The molecule has 1 aliphatic heterocycles. The van der Waals surface area contributed by atoms with Gasteiger partial charge in [-0.15, -0.1) is 0 Å². The first-order chi connectivity index (χ1) is 19.5. The largest absolute Gasteiger partial charge is 0.449 e. The predicted octanol–water partition coefficient (Wildman–Crippen LogP) is 5.02. The van der Waals surface area contributed by atoms with Crippen LogP contribution in [-0.2, 0) is 27.3 Å². The van der Waals surface area contributed by atoms with E-state index in [1.165, 1.54) is 12.1 Å². The molecule has 1 aliphatic carbocycles. The van der Waals surface area contributed by atoms with Crippen molar-refractivity contribution in [3.8, 4) is 11.1 Å². The lowest BCUT2D eigenvalue weighted by molar-refractivity contribution is -0.167. The van der Waals surface area contributed by atoms with E-state index < -0.39 is 23.9 Å². The Morgan fingerprint density at radius 2 is 1.18 bits per heavy atom. The summed E-state index contributed by atoms with van der Waals surface area (Å²) in [7, 11) is 0. The van der Waals surface area contributed by atoms with Crippen LogP contribution in [-0.4, -0.2) is 35.5 Å². The van der Waals surface area contributed by atoms with Crippen LogP contribution in [0.4, 0.5) is 4.79 Å². The van der Waals surface area contributed by atoms with Gasteiger partial charge in [0.1, 0.15) is 6.61 Å². The molecule has 4 aromatic rings. The third-order valence-corrected chi connectivity index (χ3v) is 7.17. The smallest absolute Gasteiger partial charge is 0.407 e. The lowest BCUT2D eigenvalue weighted by atomic mass is 9.98. The molecule has 0 aromatic heterocycles. The minimum Gasteiger partial charge on any atom is -0.449 e. The summed E-state index contributed by atoms with van der Waals surface area (Å²) in [6, 6.07) is 29.5. The Labute approximate surface area is 230 Å². The summed E-state index contributed by atoms with van der Waals surface area (Å²) >= 11 is 0. The van der Waals surface area contributed by atoms with Gasteiger partial charge in [-0.2, -0.15) is 0 Å². The van der Waals surface area contributed by atoms with Gasteiger partial charge in [0.15, 0.2) is 0 Å². The van der Waals surface area contributed by atoms with Crippen molar-refractivity contribution in [2.75, 3.05) is 6.61 Å². The highest BCUT2D eigenvalue weighted by Gasteiger charge is 2.38. The normalized spacial score (nSPS) is 13.4. The second-order valence-corrected chi connectivity index (χ2v) is 9.54. The molecule has 0 radical (unpaired) electrons. The van der Waals surface area contributed by atoms with Crippen LogP contribution >= 0.6 is 0 Å². The van der Waals surface area contributed by atoms with Crippen molar-refractivity contribution < 1.29 is 28.8 Å². The second-order valence-electron chi connectivity index (χ2n) is 9.54. The summed E-state index contributed by atoms with van der Waals surface area (Å²) in [6.07, 6.45) is -0.777. The molecule has 4 aromatic carbocycles. The standard InChI is InChI=1S/C32H24N2O6/c35-29(40-34-30(36)26-15-7-8-16-27(26)31(34)37)17-20-9-1-2-10-21(20)18-33-32(38)39-19-28-24-13-5-3-11-22(24)23-12-4-6-14-25(23)28/h1-16,28H,17-19H2,(H,33,38). The first kappa shape index (κ1) is 25.1. The monoisotopic (exact) mass is 532 g/mol. The van der Waals surface area contributed by atoms with Crippen LogP contribution in [0.2, 0.25) is 0 Å². The van der Waals surface area contributed by atoms with Gasteiger partial charge in [0.25, 0.3) is 11.8 Å². The molecule has 8 nitrogen and oxygen atoms in total. The van der Waals surface area contributed by atoms with Crippen molar-refractivity contribution in [3.63, 3.8) is 0 Å². The number of carbonyl (C=O) groups excluding carboxylic acids is 4. The van der Waals surface area contributed by atoms with Crippen molar-refractivity contribution in [1.82, 2.24) is 10.4 Å². The van der Waals surface area contributed by atoms with E-state index in [4.69, 9.17) is 9.57 Å². The fourth-order valence-corrected chi connectivity index (χ4v) is 5.26. The van der Waals surface area contributed by atoms with Gasteiger partial charge in [-0.05, 0) is 45.5 Å². The Kier molecular flexibility index (Phi) is 6.57. The van der Waals surface area contributed by atoms with Crippen LogP contribution in [0, 0.1) is 0 Å². The highest BCUT2D eigenvalue weighted by molar-refractivity contribution is 6.20. The Balaban J connectivity index is 1.06. The number of hydroxylamine groups is 2. The highest BCUT2D eigenvalue weighted by Crippen LogP contribution is 2.44. The van der Waals surface area contributed by atoms with Gasteiger partial charge in [0.2, 0.25) is 0 Å². The maximum atomic E-state index is 12.7. The number of imide groups is 1. The zero-order chi connectivity index (χ0) is 27.6. The van der Waals surface area contributed by atoms with E-state index in [0.717, 1.165) is 22.3 Å². The van der Waals surface area contributed by atoms with Crippen LogP contribution in [0.3, 0.4) is 0 Å². The van der Waals surface area contributed by atoms with E-state index >= 15 is 0 Å². The molecule has 0 bridgehead atoms. The van der Waals surface area contributed by atoms with E-state index in [9.17, 15) is 19.2 Å². The van der Waals surface area contributed by atoms with Crippen molar-refractivity contribution >= 4 is 23.9 Å². The Bertz CT molecular complexity index is 1580. The molecular formula is C32H24N2O6. The lowest BCUT2D eigenvalue weighted by Crippen LogP contribution is -2.33. The minimum atomic E-state index is -0.775. The van der Waals surface area contributed by atoms with Gasteiger partial charge in [0.05, 0.1) is 17.5 Å². The molecule has 2 aliphatic rings. The Morgan fingerprint density at radius 1 is 0.675 bits per heavy atom. The number of rotatable bonds is 7. The van der Waals surface area contributed by atoms with Crippen LogP contribution in [0.25, 0.3) is 11.1 Å². The average Bonchev–Trinajstić information content (AvgIpc) is 3.43. The molecular weight excluding hydrogens is 508 g/mol. The van der Waals surface area contributed by atoms with E-state index in [1.54, 1.807) is 36.4 Å². The van der Waals surface area contributed by atoms with Gasteiger partial charge in [0, 0.05) is 12.5 Å². The zero-order valence-corrected chi connectivity index (χ0v) is 21.3. The summed E-state index contributed by atoms with van der Waals surface area (Å²) in [5, 5.41) is 3.24. The molecule has 0 saturated carbocycles. The number of amides is 3. The highest BCUT2D eigenvalue weighted by atomic mass is 16.7. The topological polar surface area (TPSA) is 102 Å². The number of fused-ring (bicyclic) bond motifs is 4. The molecule has 1 heterocycles. The lowest BCUT2D eigenvalue weighted by Gasteiger charge is -2.16. The number of alkyl carbamates (subject to hydrolysis) is 1. The summed E-state index contributed by atoms with van der Waals surface area (Å²) in [5.41, 5.74) is 6.18. The number of hydrogen-bond acceptors (Lipinski definition) is 6. The van der Waals surface area contributed by atoms with E-state index in [2.05, 4.69) is 29.6 Å². The van der Waals surface area contributed by atoms with E-state index in [1.807, 2.05) is 24.3 Å². The Morgan fingerprint density at radius 3 is 1.77 bits per heavy atom.